The van der Waals surface area contributed by atoms with Crippen LogP contribution in [0.2, 0.25) is 0 Å². The summed E-state index contributed by atoms with van der Waals surface area (Å²) in [6, 6.07) is 13.8. The summed E-state index contributed by atoms with van der Waals surface area (Å²) in [6.07, 6.45) is 3.49. The molecular formula is C18H16N6O2S2. The number of sulfonamides is 1. The molecule has 28 heavy (non-hydrogen) atoms. The van der Waals surface area contributed by atoms with Crippen molar-refractivity contribution in [1.29, 1.82) is 0 Å². The summed E-state index contributed by atoms with van der Waals surface area (Å²) in [4.78, 5) is 8.75. The first-order chi connectivity index (χ1) is 13.5. The Bertz CT molecular complexity index is 1170. The number of benzene rings is 1. The van der Waals surface area contributed by atoms with Crippen LogP contribution in [-0.2, 0) is 10.0 Å². The zero-order valence-corrected chi connectivity index (χ0v) is 16.4. The van der Waals surface area contributed by atoms with E-state index in [1.807, 2.05) is 6.07 Å². The Balaban J connectivity index is 1.51. The average molecular weight is 413 g/mol. The largest absolute Gasteiger partial charge is 0.340 e. The zero-order valence-electron chi connectivity index (χ0n) is 14.8. The van der Waals surface area contributed by atoms with E-state index in [1.165, 1.54) is 11.3 Å². The second kappa shape index (κ2) is 7.41. The maximum atomic E-state index is 12.3. The van der Waals surface area contributed by atoms with E-state index >= 15 is 0 Å². The molecule has 4 rings (SSSR count). The molecule has 10 heteroatoms. The van der Waals surface area contributed by atoms with Crippen LogP contribution in [0.1, 0.15) is 5.82 Å². The van der Waals surface area contributed by atoms with Crippen LogP contribution in [0.4, 0.5) is 17.2 Å². The molecule has 3 aromatic heterocycles. The first-order valence-corrected chi connectivity index (χ1v) is 10.6. The molecule has 0 amide bonds. The quantitative estimate of drug-likeness (QED) is 0.502. The highest BCUT2D eigenvalue weighted by molar-refractivity contribution is 7.94. The standard InChI is InChI=1S/C18H16N6O2S2/c1-13-20-16(12-17(21-13)24-10-3-9-19-24)22-14-5-7-15(8-6-14)23-28(25,26)18-4-2-11-27-18/h2-12,23H,1H3,(H,20,21,22). The summed E-state index contributed by atoms with van der Waals surface area (Å²) in [5.41, 5.74) is 1.25. The summed E-state index contributed by atoms with van der Waals surface area (Å²) in [6.45, 7) is 1.81. The van der Waals surface area contributed by atoms with Gasteiger partial charge in [0.1, 0.15) is 15.9 Å². The highest BCUT2D eigenvalue weighted by Crippen LogP contribution is 2.23. The molecule has 0 unspecified atom stereocenters. The molecule has 0 radical (unpaired) electrons. The first-order valence-electron chi connectivity index (χ1n) is 8.29. The van der Waals surface area contributed by atoms with Gasteiger partial charge in [-0.3, -0.25) is 4.72 Å². The van der Waals surface area contributed by atoms with Gasteiger partial charge in [-0.25, -0.2) is 23.1 Å². The predicted molar refractivity (Wildman–Crippen MR) is 109 cm³/mol. The topological polar surface area (TPSA) is 102 Å². The SMILES string of the molecule is Cc1nc(Nc2ccc(NS(=O)(=O)c3cccs3)cc2)cc(-n2cccn2)n1. The van der Waals surface area contributed by atoms with Crippen LogP contribution in [0, 0.1) is 6.92 Å². The zero-order chi connectivity index (χ0) is 19.6. The minimum Gasteiger partial charge on any atom is -0.340 e. The Hall–Kier alpha value is -3.24. The van der Waals surface area contributed by atoms with E-state index < -0.39 is 10.0 Å². The number of hydrogen-bond donors (Lipinski definition) is 2. The van der Waals surface area contributed by atoms with Crippen molar-refractivity contribution < 1.29 is 8.42 Å². The lowest BCUT2D eigenvalue weighted by Gasteiger charge is -2.10. The van der Waals surface area contributed by atoms with Crippen molar-refractivity contribution >= 4 is 38.6 Å². The lowest BCUT2D eigenvalue weighted by molar-refractivity contribution is 0.603. The number of rotatable bonds is 6. The predicted octanol–water partition coefficient (Wildman–Crippen LogP) is 3.58. The van der Waals surface area contributed by atoms with Gasteiger partial charge in [0.2, 0.25) is 0 Å². The van der Waals surface area contributed by atoms with Gasteiger partial charge in [-0.15, -0.1) is 11.3 Å². The Kier molecular flexibility index (Phi) is 4.80. The van der Waals surface area contributed by atoms with E-state index in [9.17, 15) is 8.42 Å². The third kappa shape index (κ3) is 4.02. The molecule has 0 saturated carbocycles. The second-order valence-corrected chi connectivity index (χ2v) is 8.71. The molecule has 0 spiro atoms. The van der Waals surface area contributed by atoms with Gasteiger partial charge < -0.3 is 5.32 Å². The molecule has 0 atom stereocenters. The molecule has 0 aliphatic rings. The van der Waals surface area contributed by atoms with Crippen molar-refractivity contribution in [2.24, 2.45) is 0 Å². The highest BCUT2D eigenvalue weighted by Gasteiger charge is 2.15. The van der Waals surface area contributed by atoms with Crippen LogP contribution in [0.5, 0.6) is 0 Å². The average Bonchev–Trinajstić information content (AvgIpc) is 3.37. The van der Waals surface area contributed by atoms with Gasteiger partial charge in [0.05, 0.1) is 0 Å². The summed E-state index contributed by atoms with van der Waals surface area (Å²) in [7, 11) is -3.56. The van der Waals surface area contributed by atoms with Crippen molar-refractivity contribution in [2.75, 3.05) is 10.0 Å². The maximum Gasteiger partial charge on any atom is 0.271 e. The van der Waals surface area contributed by atoms with E-state index in [4.69, 9.17) is 0 Å². The highest BCUT2D eigenvalue weighted by atomic mass is 32.2. The molecule has 2 N–H and O–H groups in total. The number of nitrogens with zero attached hydrogens (tertiary/aromatic N) is 4. The Morgan fingerprint density at radius 2 is 1.82 bits per heavy atom. The number of aromatic nitrogens is 4. The lowest BCUT2D eigenvalue weighted by Crippen LogP contribution is -2.11. The van der Waals surface area contributed by atoms with Crippen molar-refractivity contribution in [2.45, 2.75) is 11.1 Å². The van der Waals surface area contributed by atoms with E-state index in [1.54, 1.807) is 71.8 Å². The normalized spacial score (nSPS) is 11.3. The molecular weight excluding hydrogens is 396 g/mol. The van der Waals surface area contributed by atoms with Crippen LogP contribution < -0.4 is 10.0 Å². The lowest BCUT2D eigenvalue weighted by atomic mass is 10.3. The number of hydrogen-bond acceptors (Lipinski definition) is 7. The summed E-state index contributed by atoms with van der Waals surface area (Å²) in [5, 5.41) is 9.10. The summed E-state index contributed by atoms with van der Waals surface area (Å²) < 4.78 is 29.1. The Morgan fingerprint density at radius 1 is 1.04 bits per heavy atom. The van der Waals surface area contributed by atoms with Gasteiger partial charge in [-0.1, -0.05) is 6.07 Å². The number of thiophene rings is 1. The third-order valence-electron chi connectivity index (χ3n) is 3.73. The van der Waals surface area contributed by atoms with Gasteiger partial charge in [-0.2, -0.15) is 5.10 Å². The Labute approximate surface area is 166 Å². The van der Waals surface area contributed by atoms with Crippen LogP contribution in [0.15, 0.2) is 70.5 Å². The first kappa shape index (κ1) is 18.1. The fourth-order valence-corrected chi connectivity index (χ4v) is 4.58. The van der Waals surface area contributed by atoms with Gasteiger partial charge in [0.25, 0.3) is 10.0 Å². The monoisotopic (exact) mass is 412 g/mol. The van der Waals surface area contributed by atoms with E-state index in [-0.39, 0.29) is 4.21 Å². The molecule has 1 aromatic carbocycles. The molecule has 0 fully saturated rings. The minimum absolute atomic E-state index is 0.275. The van der Waals surface area contributed by atoms with Crippen LogP contribution in [0.25, 0.3) is 5.82 Å². The third-order valence-corrected chi connectivity index (χ3v) is 6.51. The second-order valence-electron chi connectivity index (χ2n) is 5.85. The minimum atomic E-state index is -3.56. The molecule has 142 valence electrons. The van der Waals surface area contributed by atoms with Crippen LogP contribution >= 0.6 is 11.3 Å². The van der Waals surface area contributed by atoms with Gasteiger partial charge in [-0.05, 0) is 48.7 Å². The molecule has 0 saturated heterocycles. The molecule has 3 heterocycles. The van der Waals surface area contributed by atoms with Gasteiger partial charge in [0, 0.05) is 29.8 Å². The summed E-state index contributed by atoms with van der Waals surface area (Å²) >= 11 is 1.17. The molecule has 8 nitrogen and oxygen atoms in total. The summed E-state index contributed by atoms with van der Waals surface area (Å²) in [5.74, 6) is 1.88. The molecule has 0 aliphatic heterocycles. The van der Waals surface area contributed by atoms with E-state index in [0.717, 1.165) is 5.69 Å². The van der Waals surface area contributed by atoms with E-state index in [2.05, 4.69) is 25.1 Å². The van der Waals surface area contributed by atoms with E-state index in [0.29, 0.717) is 23.1 Å². The van der Waals surface area contributed by atoms with Crippen molar-refractivity contribution in [3.05, 3.63) is 72.1 Å². The van der Waals surface area contributed by atoms with Gasteiger partial charge >= 0.3 is 0 Å². The van der Waals surface area contributed by atoms with Crippen LogP contribution in [0.3, 0.4) is 0 Å². The Morgan fingerprint density at radius 3 is 2.50 bits per heavy atom. The maximum absolute atomic E-state index is 12.3. The fraction of sp³-hybridized carbons (Fsp3) is 0.0556. The van der Waals surface area contributed by atoms with Crippen molar-refractivity contribution in [3.8, 4) is 5.82 Å². The van der Waals surface area contributed by atoms with Crippen LogP contribution in [-0.4, -0.2) is 28.2 Å². The smallest absolute Gasteiger partial charge is 0.271 e. The fourth-order valence-electron chi connectivity index (χ4n) is 2.53. The number of nitrogens with one attached hydrogen (secondary N) is 2. The van der Waals surface area contributed by atoms with Crippen molar-refractivity contribution in [3.63, 3.8) is 0 Å². The molecule has 0 bridgehead atoms. The van der Waals surface area contributed by atoms with Crippen molar-refractivity contribution in [1.82, 2.24) is 19.7 Å². The number of aryl methyl sites for hydroxylation is 1. The van der Waals surface area contributed by atoms with Gasteiger partial charge in [0.15, 0.2) is 5.82 Å². The molecule has 4 aromatic rings. The number of anilines is 3. The molecule has 0 aliphatic carbocycles.